The molecule has 1 saturated carbocycles. The second-order valence-corrected chi connectivity index (χ2v) is 7.45. The Labute approximate surface area is 151 Å². The van der Waals surface area contributed by atoms with E-state index in [0.29, 0.717) is 12.2 Å². The standard InChI is InChI=1S/C20H23FN4O/c1-20(2,26)13-9-10-25-17(12-22-19(25)11-13)16-7-4-8-18(24-16)23-15-6-3-5-14(15)21/h4,7-12,14-15,26H,3,5-6H2,1-2H3,(H,23,24)/t14-,15-/m0/s1. The van der Waals surface area contributed by atoms with E-state index in [1.807, 2.05) is 40.9 Å². The number of imidazole rings is 1. The molecular formula is C20H23FN4O. The number of anilines is 1. The fourth-order valence-corrected chi connectivity index (χ4v) is 3.48. The van der Waals surface area contributed by atoms with Crippen molar-refractivity contribution in [1.82, 2.24) is 14.4 Å². The second kappa shape index (κ2) is 6.36. The number of nitrogens with one attached hydrogen (secondary N) is 1. The van der Waals surface area contributed by atoms with Gasteiger partial charge in [-0.1, -0.05) is 6.07 Å². The van der Waals surface area contributed by atoms with Gasteiger partial charge in [0.15, 0.2) is 0 Å². The number of pyridine rings is 2. The molecule has 3 aromatic rings. The van der Waals surface area contributed by atoms with Gasteiger partial charge < -0.3 is 10.4 Å². The summed E-state index contributed by atoms with van der Waals surface area (Å²) in [7, 11) is 0. The van der Waals surface area contributed by atoms with Crippen molar-refractivity contribution >= 4 is 11.5 Å². The van der Waals surface area contributed by atoms with Crippen LogP contribution >= 0.6 is 0 Å². The Morgan fingerprint density at radius 2 is 2.12 bits per heavy atom. The molecule has 3 aromatic heterocycles. The van der Waals surface area contributed by atoms with Crippen LogP contribution in [0.1, 0.15) is 38.7 Å². The highest BCUT2D eigenvalue weighted by atomic mass is 19.1. The van der Waals surface area contributed by atoms with Gasteiger partial charge in [0.25, 0.3) is 0 Å². The van der Waals surface area contributed by atoms with Crippen molar-refractivity contribution in [1.29, 1.82) is 0 Å². The first kappa shape index (κ1) is 17.0. The van der Waals surface area contributed by atoms with Gasteiger partial charge in [-0.25, -0.2) is 14.4 Å². The van der Waals surface area contributed by atoms with E-state index in [-0.39, 0.29) is 6.04 Å². The first-order valence-electron chi connectivity index (χ1n) is 9.00. The Morgan fingerprint density at radius 3 is 2.85 bits per heavy atom. The fourth-order valence-electron chi connectivity index (χ4n) is 3.48. The predicted molar refractivity (Wildman–Crippen MR) is 99.8 cm³/mol. The van der Waals surface area contributed by atoms with Crippen LogP contribution in [0.25, 0.3) is 17.0 Å². The highest BCUT2D eigenvalue weighted by Gasteiger charge is 2.27. The minimum Gasteiger partial charge on any atom is -0.386 e. The second-order valence-electron chi connectivity index (χ2n) is 7.45. The highest BCUT2D eigenvalue weighted by Crippen LogP contribution is 2.27. The molecule has 3 heterocycles. The maximum Gasteiger partial charge on any atom is 0.137 e. The van der Waals surface area contributed by atoms with Crippen molar-refractivity contribution in [2.45, 2.75) is 50.9 Å². The van der Waals surface area contributed by atoms with Crippen molar-refractivity contribution in [3.05, 3.63) is 48.3 Å². The normalized spacial score (nSPS) is 20.6. The zero-order valence-electron chi connectivity index (χ0n) is 15.0. The highest BCUT2D eigenvalue weighted by molar-refractivity contribution is 5.62. The summed E-state index contributed by atoms with van der Waals surface area (Å²) in [5.41, 5.74) is 2.27. The fraction of sp³-hybridized carbons (Fsp3) is 0.400. The number of aliphatic hydroxyl groups is 1. The van der Waals surface area contributed by atoms with Gasteiger partial charge in [0.05, 0.1) is 29.2 Å². The zero-order valence-corrected chi connectivity index (χ0v) is 15.0. The van der Waals surface area contributed by atoms with E-state index in [1.165, 1.54) is 0 Å². The van der Waals surface area contributed by atoms with Crippen LogP contribution in [0, 0.1) is 0 Å². The lowest BCUT2D eigenvalue weighted by Crippen LogP contribution is -2.25. The van der Waals surface area contributed by atoms with Crippen LogP contribution in [0.2, 0.25) is 0 Å². The van der Waals surface area contributed by atoms with E-state index in [4.69, 9.17) is 0 Å². The molecule has 2 atom stereocenters. The van der Waals surface area contributed by atoms with Gasteiger partial charge in [-0.2, -0.15) is 0 Å². The minimum atomic E-state index is -0.917. The number of fused-ring (bicyclic) bond motifs is 1. The largest absolute Gasteiger partial charge is 0.386 e. The molecule has 1 aliphatic carbocycles. The van der Waals surface area contributed by atoms with Crippen molar-refractivity contribution in [3.63, 3.8) is 0 Å². The number of aromatic nitrogens is 3. The third kappa shape index (κ3) is 3.17. The summed E-state index contributed by atoms with van der Waals surface area (Å²) < 4.78 is 15.8. The number of rotatable bonds is 4. The van der Waals surface area contributed by atoms with Crippen molar-refractivity contribution < 1.29 is 9.50 Å². The zero-order chi connectivity index (χ0) is 18.3. The molecule has 1 fully saturated rings. The van der Waals surface area contributed by atoms with Crippen LogP contribution in [-0.2, 0) is 5.60 Å². The van der Waals surface area contributed by atoms with Gasteiger partial charge in [0.2, 0.25) is 0 Å². The van der Waals surface area contributed by atoms with E-state index < -0.39 is 11.8 Å². The van der Waals surface area contributed by atoms with Gasteiger partial charge in [-0.05, 0) is 62.9 Å². The minimum absolute atomic E-state index is 0.158. The molecule has 26 heavy (non-hydrogen) atoms. The molecule has 136 valence electrons. The van der Waals surface area contributed by atoms with Crippen LogP contribution in [0.4, 0.5) is 10.2 Å². The maximum atomic E-state index is 13.9. The molecule has 2 N–H and O–H groups in total. The Morgan fingerprint density at radius 1 is 1.27 bits per heavy atom. The van der Waals surface area contributed by atoms with Crippen LogP contribution in [0.15, 0.2) is 42.7 Å². The summed E-state index contributed by atoms with van der Waals surface area (Å²) in [6.07, 6.45) is 5.22. The van der Waals surface area contributed by atoms with Crippen molar-refractivity contribution in [2.24, 2.45) is 0 Å². The summed E-state index contributed by atoms with van der Waals surface area (Å²) in [6.45, 7) is 3.50. The molecule has 0 aliphatic heterocycles. The van der Waals surface area contributed by atoms with E-state index >= 15 is 0 Å². The predicted octanol–water partition coefficient (Wildman–Crippen LogP) is 3.93. The van der Waals surface area contributed by atoms with Crippen LogP contribution < -0.4 is 5.32 Å². The Bertz CT molecular complexity index is 931. The summed E-state index contributed by atoms with van der Waals surface area (Å²) in [5.74, 6) is 0.681. The van der Waals surface area contributed by atoms with E-state index in [2.05, 4.69) is 15.3 Å². The molecule has 0 bridgehead atoms. The SMILES string of the molecule is CC(C)(O)c1ccn2c(-c3cccc(N[C@H]4CCC[C@@H]4F)n3)cnc2c1. The molecule has 0 saturated heterocycles. The quantitative estimate of drug-likeness (QED) is 0.745. The third-order valence-corrected chi connectivity index (χ3v) is 5.00. The van der Waals surface area contributed by atoms with Crippen molar-refractivity contribution in [2.75, 3.05) is 5.32 Å². The lowest BCUT2D eigenvalue weighted by atomic mass is 10.00. The lowest BCUT2D eigenvalue weighted by Gasteiger charge is -2.18. The molecule has 0 radical (unpaired) electrons. The number of nitrogens with zero attached hydrogens (tertiary/aromatic N) is 3. The average molecular weight is 354 g/mol. The Hall–Kier alpha value is -2.47. The van der Waals surface area contributed by atoms with Crippen LogP contribution in [0.3, 0.4) is 0 Å². The molecule has 4 rings (SSSR count). The van der Waals surface area contributed by atoms with Crippen molar-refractivity contribution in [3.8, 4) is 11.4 Å². The van der Waals surface area contributed by atoms with E-state index in [1.54, 1.807) is 20.0 Å². The van der Waals surface area contributed by atoms with Gasteiger partial charge in [-0.3, -0.25) is 4.40 Å². The number of alkyl halides is 1. The summed E-state index contributed by atoms with van der Waals surface area (Å²) in [5, 5.41) is 13.4. The monoisotopic (exact) mass is 354 g/mol. The van der Waals surface area contributed by atoms with E-state index in [9.17, 15) is 9.50 Å². The maximum absolute atomic E-state index is 13.9. The third-order valence-electron chi connectivity index (χ3n) is 5.00. The molecule has 0 unspecified atom stereocenters. The Balaban J connectivity index is 1.66. The number of halogens is 1. The molecule has 0 amide bonds. The van der Waals surface area contributed by atoms with Crippen LogP contribution in [0.5, 0.6) is 0 Å². The van der Waals surface area contributed by atoms with Gasteiger partial charge in [-0.15, -0.1) is 0 Å². The number of hydrogen-bond acceptors (Lipinski definition) is 4. The molecule has 0 spiro atoms. The average Bonchev–Trinajstić information content (AvgIpc) is 3.20. The summed E-state index contributed by atoms with van der Waals surface area (Å²) >= 11 is 0. The topological polar surface area (TPSA) is 62.5 Å². The molecule has 0 aromatic carbocycles. The summed E-state index contributed by atoms with van der Waals surface area (Å²) in [4.78, 5) is 9.09. The molecule has 5 nitrogen and oxygen atoms in total. The van der Waals surface area contributed by atoms with Gasteiger partial charge in [0.1, 0.15) is 17.6 Å². The van der Waals surface area contributed by atoms with Gasteiger partial charge in [0, 0.05) is 6.20 Å². The number of hydrogen-bond donors (Lipinski definition) is 2. The Kier molecular flexibility index (Phi) is 4.15. The molecular weight excluding hydrogens is 331 g/mol. The smallest absolute Gasteiger partial charge is 0.137 e. The molecule has 6 heteroatoms. The first-order chi connectivity index (χ1) is 12.4. The van der Waals surface area contributed by atoms with Crippen LogP contribution in [-0.4, -0.2) is 31.7 Å². The van der Waals surface area contributed by atoms with E-state index in [0.717, 1.165) is 35.4 Å². The van der Waals surface area contributed by atoms with Gasteiger partial charge >= 0.3 is 0 Å². The summed E-state index contributed by atoms with van der Waals surface area (Å²) in [6, 6.07) is 9.29. The first-order valence-corrected chi connectivity index (χ1v) is 9.00. The lowest BCUT2D eigenvalue weighted by molar-refractivity contribution is 0.0786. The molecule has 1 aliphatic rings.